The molecular formula is C12H23F3N2O2. The second-order valence-electron chi connectivity index (χ2n) is 4.58. The van der Waals surface area contributed by atoms with Gasteiger partial charge < -0.3 is 10.4 Å². The summed E-state index contributed by atoms with van der Waals surface area (Å²) in [5.74, 6) is -0.962. The third-order valence-corrected chi connectivity index (χ3v) is 3.42. The second-order valence-corrected chi connectivity index (χ2v) is 4.58. The molecule has 2 N–H and O–H groups in total. The Labute approximate surface area is 112 Å². The average Bonchev–Trinajstić information content (AvgIpc) is 2.31. The van der Waals surface area contributed by atoms with Gasteiger partial charge in [0.1, 0.15) is 5.54 Å². The third kappa shape index (κ3) is 6.24. The minimum absolute atomic E-state index is 0.243. The Hall–Kier alpha value is -0.820. The molecule has 0 heterocycles. The maximum atomic E-state index is 12.3. The smallest absolute Gasteiger partial charge is 0.401 e. The Balaban J connectivity index is 4.35. The van der Waals surface area contributed by atoms with E-state index in [1.165, 1.54) is 4.90 Å². The van der Waals surface area contributed by atoms with Crippen LogP contribution in [0.2, 0.25) is 0 Å². The number of halogens is 3. The fraction of sp³-hybridized carbons (Fsp3) is 0.917. The monoisotopic (exact) mass is 284 g/mol. The second kappa shape index (κ2) is 7.69. The zero-order valence-corrected chi connectivity index (χ0v) is 11.7. The number of hydrogen-bond donors (Lipinski definition) is 2. The molecule has 0 rings (SSSR count). The normalized spacial score (nSPS) is 15.5. The van der Waals surface area contributed by atoms with Crippen molar-refractivity contribution in [2.24, 2.45) is 0 Å². The van der Waals surface area contributed by atoms with E-state index in [4.69, 9.17) is 0 Å². The molecule has 0 saturated heterocycles. The number of alkyl halides is 3. The molecule has 1 unspecified atom stereocenters. The topological polar surface area (TPSA) is 52.6 Å². The lowest BCUT2D eigenvalue weighted by Crippen LogP contribution is -2.50. The minimum Gasteiger partial charge on any atom is -0.480 e. The summed E-state index contributed by atoms with van der Waals surface area (Å²) in [7, 11) is 1.56. The van der Waals surface area contributed by atoms with Crippen LogP contribution in [0, 0.1) is 0 Å². The summed E-state index contributed by atoms with van der Waals surface area (Å²) in [5.41, 5.74) is -1.04. The molecule has 19 heavy (non-hydrogen) atoms. The molecule has 0 saturated carbocycles. The molecule has 0 aliphatic heterocycles. The molecule has 4 nitrogen and oxygen atoms in total. The molecule has 0 bridgehead atoms. The summed E-state index contributed by atoms with van der Waals surface area (Å²) in [6, 6.07) is 0. The lowest BCUT2D eigenvalue weighted by Gasteiger charge is -2.29. The SMILES string of the molecule is CCN(CCCC(CC)(NC)C(=O)O)CC(F)(F)F. The Morgan fingerprint density at radius 2 is 1.89 bits per heavy atom. The van der Waals surface area contributed by atoms with E-state index in [2.05, 4.69) is 5.32 Å². The number of likely N-dealkylation sites (N-methyl/N-ethyl adjacent to an activating group) is 1. The third-order valence-electron chi connectivity index (χ3n) is 3.42. The molecule has 0 aliphatic rings. The van der Waals surface area contributed by atoms with Crippen molar-refractivity contribution in [2.75, 3.05) is 26.7 Å². The molecule has 1 atom stereocenters. The van der Waals surface area contributed by atoms with Crippen LogP contribution in [0.1, 0.15) is 33.1 Å². The molecule has 0 aromatic rings. The minimum atomic E-state index is -4.21. The fourth-order valence-electron chi connectivity index (χ4n) is 2.05. The molecular weight excluding hydrogens is 261 g/mol. The van der Waals surface area contributed by atoms with Crippen molar-refractivity contribution >= 4 is 5.97 Å². The van der Waals surface area contributed by atoms with Crippen molar-refractivity contribution < 1.29 is 23.1 Å². The van der Waals surface area contributed by atoms with E-state index in [9.17, 15) is 23.1 Å². The van der Waals surface area contributed by atoms with Gasteiger partial charge in [-0.1, -0.05) is 13.8 Å². The van der Waals surface area contributed by atoms with Crippen molar-refractivity contribution in [1.29, 1.82) is 0 Å². The van der Waals surface area contributed by atoms with Gasteiger partial charge in [0.2, 0.25) is 0 Å². The average molecular weight is 284 g/mol. The molecule has 0 aromatic heterocycles. The quantitative estimate of drug-likeness (QED) is 0.681. The van der Waals surface area contributed by atoms with Crippen molar-refractivity contribution in [3.05, 3.63) is 0 Å². The number of carboxylic acids is 1. The molecule has 0 amide bonds. The van der Waals surface area contributed by atoms with Crippen molar-refractivity contribution in [1.82, 2.24) is 10.2 Å². The van der Waals surface area contributed by atoms with Crippen LogP contribution in [0.5, 0.6) is 0 Å². The molecule has 0 spiro atoms. The molecule has 114 valence electrons. The lowest BCUT2D eigenvalue weighted by atomic mass is 9.90. The number of nitrogens with zero attached hydrogens (tertiary/aromatic N) is 1. The predicted octanol–water partition coefficient (Wildman–Crippen LogP) is 2.10. The zero-order valence-electron chi connectivity index (χ0n) is 11.7. The Kier molecular flexibility index (Phi) is 7.36. The number of hydrogen-bond acceptors (Lipinski definition) is 3. The number of aliphatic carboxylic acids is 1. The molecule has 0 radical (unpaired) electrons. The first-order chi connectivity index (χ1) is 8.70. The Bertz CT molecular complexity index is 279. The lowest BCUT2D eigenvalue weighted by molar-refractivity contribution is -0.148. The number of carboxylic acid groups (broad SMARTS) is 1. The summed E-state index contributed by atoms with van der Waals surface area (Å²) < 4.78 is 36.8. The van der Waals surface area contributed by atoms with Gasteiger partial charge in [-0.2, -0.15) is 13.2 Å². The number of rotatable bonds is 9. The van der Waals surface area contributed by atoms with E-state index in [0.717, 1.165) is 0 Å². The van der Waals surface area contributed by atoms with Crippen molar-refractivity contribution in [2.45, 2.75) is 44.8 Å². The van der Waals surface area contributed by atoms with Gasteiger partial charge in [-0.05, 0) is 39.4 Å². The van der Waals surface area contributed by atoms with Gasteiger partial charge >= 0.3 is 12.1 Å². The van der Waals surface area contributed by atoms with Gasteiger partial charge in [0, 0.05) is 0 Å². The summed E-state index contributed by atoms with van der Waals surface area (Å²) in [5, 5.41) is 11.9. The maximum Gasteiger partial charge on any atom is 0.401 e. The van der Waals surface area contributed by atoms with Gasteiger partial charge in [-0.25, -0.2) is 0 Å². The number of carbonyl (C=O) groups is 1. The Morgan fingerprint density at radius 3 is 2.21 bits per heavy atom. The van der Waals surface area contributed by atoms with E-state index in [1.807, 2.05) is 0 Å². The number of nitrogens with one attached hydrogen (secondary N) is 1. The molecule has 7 heteroatoms. The molecule has 0 aromatic carbocycles. The van der Waals surface area contributed by atoms with Crippen molar-refractivity contribution in [3.8, 4) is 0 Å². The zero-order chi connectivity index (χ0) is 15.1. The van der Waals surface area contributed by atoms with Crippen molar-refractivity contribution in [3.63, 3.8) is 0 Å². The fourth-order valence-corrected chi connectivity index (χ4v) is 2.05. The van der Waals surface area contributed by atoms with Crippen LogP contribution in [-0.2, 0) is 4.79 Å². The van der Waals surface area contributed by atoms with Crippen LogP contribution in [0.25, 0.3) is 0 Å². The van der Waals surface area contributed by atoms with E-state index in [1.54, 1.807) is 20.9 Å². The van der Waals surface area contributed by atoms with Crippen LogP contribution in [0.3, 0.4) is 0 Å². The van der Waals surface area contributed by atoms with Gasteiger partial charge in [0.15, 0.2) is 0 Å². The predicted molar refractivity (Wildman–Crippen MR) is 67.1 cm³/mol. The van der Waals surface area contributed by atoms with Crippen LogP contribution < -0.4 is 5.32 Å². The molecule has 0 fully saturated rings. The highest BCUT2D eigenvalue weighted by atomic mass is 19.4. The van der Waals surface area contributed by atoms with E-state index < -0.39 is 24.2 Å². The summed E-state index contributed by atoms with van der Waals surface area (Å²) in [4.78, 5) is 12.5. The largest absolute Gasteiger partial charge is 0.480 e. The van der Waals surface area contributed by atoms with E-state index in [-0.39, 0.29) is 6.54 Å². The first-order valence-corrected chi connectivity index (χ1v) is 6.42. The highest BCUT2D eigenvalue weighted by Gasteiger charge is 2.35. The summed E-state index contributed by atoms with van der Waals surface area (Å²) >= 11 is 0. The van der Waals surface area contributed by atoms with Crippen LogP contribution in [-0.4, -0.2) is 54.4 Å². The maximum absolute atomic E-state index is 12.3. The van der Waals surface area contributed by atoms with Gasteiger partial charge in [-0.3, -0.25) is 9.69 Å². The van der Waals surface area contributed by atoms with Gasteiger partial charge in [-0.15, -0.1) is 0 Å². The summed E-state index contributed by atoms with van der Waals surface area (Å²) in [6.07, 6.45) is -3.10. The highest BCUT2D eigenvalue weighted by Crippen LogP contribution is 2.20. The van der Waals surface area contributed by atoms with E-state index >= 15 is 0 Å². The van der Waals surface area contributed by atoms with E-state index in [0.29, 0.717) is 25.8 Å². The summed E-state index contributed by atoms with van der Waals surface area (Å²) in [6.45, 7) is 3.00. The first kappa shape index (κ1) is 18.2. The van der Waals surface area contributed by atoms with Crippen LogP contribution >= 0.6 is 0 Å². The molecule has 0 aliphatic carbocycles. The Morgan fingerprint density at radius 1 is 1.32 bits per heavy atom. The highest BCUT2D eigenvalue weighted by molar-refractivity contribution is 5.78. The van der Waals surface area contributed by atoms with Crippen LogP contribution in [0.15, 0.2) is 0 Å². The van der Waals surface area contributed by atoms with Crippen LogP contribution in [0.4, 0.5) is 13.2 Å². The van der Waals surface area contributed by atoms with Gasteiger partial charge in [0.05, 0.1) is 6.54 Å². The standard InChI is InChI=1S/C12H23F3N2O2/c1-4-11(16-3,10(18)19)7-6-8-17(5-2)9-12(13,14)15/h16H,4-9H2,1-3H3,(H,18,19). The first-order valence-electron chi connectivity index (χ1n) is 6.42. The van der Waals surface area contributed by atoms with Gasteiger partial charge in [0.25, 0.3) is 0 Å².